The van der Waals surface area contributed by atoms with Crippen LogP contribution in [0.5, 0.6) is 0 Å². The lowest BCUT2D eigenvalue weighted by molar-refractivity contribution is 1.17. The van der Waals surface area contributed by atoms with Crippen molar-refractivity contribution in [1.29, 1.82) is 0 Å². The van der Waals surface area contributed by atoms with Gasteiger partial charge in [0.05, 0.1) is 12.3 Å². The zero-order valence-corrected chi connectivity index (χ0v) is 8.44. The molecule has 4 heteroatoms. The molecule has 1 aromatic carbocycles. The predicted molar refractivity (Wildman–Crippen MR) is 58.7 cm³/mol. The molecule has 1 heterocycles. The van der Waals surface area contributed by atoms with Crippen LogP contribution >= 0.6 is 11.6 Å². The molecule has 0 atom stereocenters. The zero-order valence-electron chi connectivity index (χ0n) is 7.68. The van der Waals surface area contributed by atoms with Crippen LogP contribution in [0.3, 0.4) is 0 Å². The molecule has 0 saturated carbocycles. The first-order valence-electron chi connectivity index (χ1n) is 4.26. The Morgan fingerprint density at radius 2 is 1.87 bits per heavy atom. The molecule has 15 heavy (non-hydrogen) atoms. The van der Waals surface area contributed by atoms with Gasteiger partial charge in [0, 0.05) is 6.20 Å². The van der Waals surface area contributed by atoms with Crippen molar-refractivity contribution in [2.24, 2.45) is 0 Å². The highest BCUT2D eigenvalue weighted by Crippen LogP contribution is 2.21. The molecule has 3 nitrogen and oxygen atoms in total. The van der Waals surface area contributed by atoms with Crippen molar-refractivity contribution in [3.05, 3.63) is 53.2 Å². The van der Waals surface area contributed by atoms with Crippen LogP contribution in [-0.2, 0) is 0 Å². The van der Waals surface area contributed by atoms with E-state index in [0.717, 1.165) is 11.3 Å². The van der Waals surface area contributed by atoms with Gasteiger partial charge in [0.2, 0.25) is 5.28 Å². The van der Waals surface area contributed by atoms with Gasteiger partial charge in [-0.05, 0) is 23.2 Å². The lowest BCUT2D eigenvalue weighted by Gasteiger charge is -2.00. The Balaban J connectivity index is 2.42. The van der Waals surface area contributed by atoms with E-state index in [0.29, 0.717) is 5.69 Å². The van der Waals surface area contributed by atoms with Crippen molar-refractivity contribution in [3.8, 4) is 11.3 Å². The van der Waals surface area contributed by atoms with Crippen LogP contribution < -0.4 is 0 Å². The smallest absolute Gasteiger partial charge is 0.222 e. The normalized spacial score (nSPS) is 9.60. The number of nitrogens with zero attached hydrogens (tertiary/aromatic N) is 3. The number of hydrogen-bond donors (Lipinski definition) is 0. The van der Waals surface area contributed by atoms with Gasteiger partial charge in [-0.3, -0.25) is 0 Å². The summed E-state index contributed by atoms with van der Waals surface area (Å²) in [6, 6.07) is 8.95. The molecule has 0 unspecified atom stereocenters. The summed E-state index contributed by atoms with van der Waals surface area (Å²) in [6.07, 6.45) is 1.60. The molecule has 0 aliphatic rings. The first-order valence-corrected chi connectivity index (χ1v) is 4.64. The minimum Gasteiger partial charge on any atom is -0.238 e. The molecular formula is C11H6ClN3. The fourth-order valence-corrected chi connectivity index (χ4v) is 1.35. The maximum Gasteiger partial charge on any atom is 0.222 e. The van der Waals surface area contributed by atoms with E-state index in [-0.39, 0.29) is 5.28 Å². The van der Waals surface area contributed by atoms with Gasteiger partial charge >= 0.3 is 0 Å². The van der Waals surface area contributed by atoms with Gasteiger partial charge in [-0.1, -0.05) is 24.3 Å². The van der Waals surface area contributed by atoms with E-state index in [9.17, 15) is 0 Å². The Kier molecular flexibility index (Phi) is 2.61. The molecule has 72 valence electrons. The van der Waals surface area contributed by atoms with Crippen LogP contribution in [0.4, 0.5) is 5.69 Å². The van der Waals surface area contributed by atoms with Gasteiger partial charge < -0.3 is 0 Å². The van der Waals surface area contributed by atoms with Crippen LogP contribution in [0.2, 0.25) is 5.28 Å². The van der Waals surface area contributed by atoms with Crippen LogP contribution in [0.15, 0.2) is 36.5 Å². The summed E-state index contributed by atoms with van der Waals surface area (Å²) in [6.45, 7) is 6.83. The third-order valence-corrected chi connectivity index (χ3v) is 2.10. The molecule has 2 rings (SSSR count). The minimum absolute atomic E-state index is 0.224. The zero-order chi connectivity index (χ0) is 10.7. The summed E-state index contributed by atoms with van der Waals surface area (Å²) in [5, 5.41) is 0.224. The molecule has 0 amide bonds. The number of rotatable bonds is 1. The Hall–Kier alpha value is -1.92. The average molecular weight is 216 g/mol. The highest BCUT2D eigenvalue weighted by molar-refractivity contribution is 6.28. The molecule has 2 aromatic rings. The summed E-state index contributed by atoms with van der Waals surface area (Å²) >= 11 is 5.68. The third kappa shape index (κ3) is 2.12. The maximum atomic E-state index is 6.83. The minimum atomic E-state index is 0.224. The predicted octanol–water partition coefficient (Wildman–Crippen LogP) is 3.35. The highest BCUT2D eigenvalue weighted by Gasteiger charge is 2.00. The monoisotopic (exact) mass is 215 g/mol. The van der Waals surface area contributed by atoms with Gasteiger partial charge in [-0.15, -0.1) is 0 Å². The molecule has 0 aliphatic carbocycles. The average Bonchev–Trinajstić information content (AvgIpc) is 2.29. The first-order chi connectivity index (χ1) is 7.29. The first kappa shape index (κ1) is 9.63. The second kappa shape index (κ2) is 4.07. The summed E-state index contributed by atoms with van der Waals surface area (Å²) in [5.41, 5.74) is 2.29. The maximum absolute atomic E-state index is 6.83. The van der Waals surface area contributed by atoms with Crippen LogP contribution in [-0.4, -0.2) is 9.97 Å². The molecule has 0 aliphatic heterocycles. The fourth-order valence-electron chi connectivity index (χ4n) is 1.20. The second-order valence-corrected chi connectivity index (χ2v) is 3.21. The SMILES string of the molecule is [C-]#[N+]c1ccc(-c2ccnc(Cl)n2)cc1. The van der Waals surface area contributed by atoms with Crippen molar-refractivity contribution in [2.45, 2.75) is 0 Å². The molecule has 0 fully saturated rings. The number of aromatic nitrogens is 2. The van der Waals surface area contributed by atoms with Crippen molar-refractivity contribution in [3.63, 3.8) is 0 Å². The summed E-state index contributed by atoms with van der Waals surface area (Å²) < 4.78 is 0. The molecule has 1 aromatic heterocycles. The van der Waals surface area contributed by atoms with Gasteiger partial charge in [-0.2, -0.15) is 0 Å². The standard InChI is InChI=1S/C11H6ClN3/c1-13-9-4-2-8(3-5-9)10-6-7-14-11(12)15-10/h2-7H. The van der Waals surface area contributed by atoms with E-state index >= 15 is 0 Å². The van der Waals surface area contributed by atoms with Crippen molar-refractivity contribution in [2.75, 3.05) is 0 Å². The second-order valence-electron chi connectivity index (χ2n) is 2.87. The lowest BCUT2D eigenvalue weighted by Crippen LogP contribution is -1.85. The van der Waals surface area contributed by atoms with Crippen LogP contribution in [0, 0.1) is 6.57 Å². The van der Waals surface area contributed by atoms with E-state index in [1.54, 1.807) is 24.4 Å². The fraction of sp³-hybridized carbons (Fsp3) is 0. The highest BCUT2D eigenvalue weighted by atomic mass is 35.5. The van der Waals surface area contributed by atoms with Crippen molar-refractivity contribution in [1.82, 2.24) is 9.97 Å². The van der Waals surface area contributed by atoms with E-state index in [1.807, 2.05) is 12.1 Å². The number of hydrogen-bond acceptors (Lipinski definition) is 2. The molecule has 0 spiro atoms. The third-order valence-electron chi connectivity index (χ3n) is 1.92. The number of benzene rings is 1. The van der Waals surface area contributed by atoms with Crippen molar-refractivity contribution >= 4 is 17.3 Å². The summed E-state index contributed by atoms with van der Waals surface area (Å²) in [4.78, 5) is 11.2. The van der Waals surface area contributed by atoms with E-state index in [2.05, 4.69) is 14.8 Å². The van der Waals surface area contributed by atoms with Gasteiger partial charge in [0.25, 0.3) is 0 Å². The molecule has 0 saturated heterocycles. The van der Waals surface area contributed by atoms with E-state index in [1.165, 1.54) is 0 Å². The van der Waals surface area contributed by atoms with Crippen molar-refractivity contribution < 1.29 is 0 Å². The summed E-state index contributed by atoms with van der Waals surface area (Å²) in [5.74, 6) is 0. The van der Waals surface area contributed by atoms with E-state index < -0.39 is 0 Å². The molecule has 0 bridgehead atoms. The largest absolute Gasteiger partial charge is 0.238 e. The van der Waals surface area contributed by atoms with Crippen LogP contribution in [0.1, 0.15) is 0 Å². The topological polar surface area (TPSA) is 30.1 Å². The lowest BCUT2D eigenvalue weighted by atomic mass is 10.1. The van der Waals surface area contributed by atoms with Gasteiger partial charge in [0.1, 0.15) is 0 Å². The Labute approximate surface area is 92.2 Å². The van der Waals surface area contributed by atoms with E-state index in [4.69, 9.17) is 18.2 Å². The Morgan fingerprint density at radius 1 is 1.13 bits per heavy atom. The Bertz CT molecular complexity index is 514. The summed E-state index contributed by atoms with van der Waals surface area (Å²) in [7, 11) is 0. The van der Waals surface area contributed by atoms with Gasteiger partial charge in [-0.25, -0.2) is 14.8 Å². The molecule has 0 N–H and O–H groups in total. The number of halogens is 1. The van der Waals surface area contributed by atoms with Crippen LogP contribution in [0.25, 0.3) is 16.1 Å². The molecule has 0 radical (unpaired) electrons. The quantitative estimate of drug-likeness (QED) is 0.540. The van der Waals surface area contributed by atoms with Gasteiger partial charge in [0.15, 0.2) is 5.69 Å². The Morgan fingerprint density at radius 3 is 2.47 bits per heavy atom. The molecular weight excluding hydrogens is 210 g/mol.